The first-order valence-corrected chi connectivity index (χ1v) is 5.38. The van der Waals surface area contributed by atoms with Gasteiger partial charge >= 0.3 is 6.03 Å². The van der Waals surface area contributed by atoms with Crippen molar-refractivity contribution in [2.24, 2.45) is 5.41 Å². The van der Waals surface area contributed by atoms with Crippen LogP contribution in [0.1, 0.15) is 26.2 Å². The fourth-order valence-corrected chi connectivity index (χ4v) is 2.04. The number of urea groups is 1. The molecule has 15 heavy (non-hydrogen) atoms. The van der Waals surface area contributed by atoms with Gasteiger partial charge in [0, 0.05) is 18.0 Å². The van der Waals surface area contributed by atoms with Crippen molar-refractivity contribution in [1.29, 1.82) is 0 Å². The van der Waals surface area contributed by atoms with E-state index in [1.54, 1.807) is 6.08 Å². The van der Waals surface area contributed by atoms with Gasteiger partial charge in [0.2, 0.25) is 0 Å². The lowest BCUT2D eigenvalue weighted by Gasteiger charge is -2.29. The summed E-state index contributed by atoms with van der Waals surface area (Å²) in [5.74, 6) is 0. The molecule has 0 heterocycles. The van der Waals surface area contributed by atoms with Crippen LogP contribution in [-0.2, 0) is 0 Å². The van der Waals surface area contributed by atoms with E-state index in [1.165, 1.54) is 0 Å². The van der Waals surface area contributed by atoms with Crippen LogP contribution in [0.3, 0.4) is 0 Å². The highest BCUT2D eigenvalue weighted by Crippen LogP contribution is 2.37. The molecule has 1 fully saturated rings. The van der Waals surface area contributed by atoms with Gasteiger partial charge in [0.1, 0.15) is 0 Å². The summed E-state index contributed by atoms with van der Waals surface area (Å²) in [5, 5.41) is 14.9. The average Bonchev–Trinajstić information content (AvgIpc) is 2.58. The fraction of sp³-hybridized carbons (Fsp3) is 0.727. The fourth-order valence-electron chi connectivity index (χ4n) is 2.04. The van der Waals surface area contributed by atoms with Gasteiger partial charge in [-0.15, -0.1) is 6.58 Å². The molecule has 0 radical (unpaired) electrons. The van der Waals surface area contributed by atoms with Crippen LogP contribution in [0.15, 0.2) is 12.7 Å². The number of rotatable bonds is 4. The molecule has 0 spiro atoms. The highest BCUT2D eigenvalue weighted by atomic mass is 16.3. The molecule has 0 bridgehead atoms. The zero-order chi connectivity index (χ0) is 11.3. The molecule has 0 aromatic rings. The van der Waals surface area contributed by atoms with Crippen molar-refractivity contribution in [3.05, 3.63) is 12.7 Å². The lowest BCUT2D eigenvalue weighted by molar-refractivity contribution is 0.121. The predicted octanol–water partition coefficient (Wildman–Crippen LogP) is 1.02. The van der Waals surface area contributed by atoms with Gasteiger partial charge in [-0.2, -0.15) is 0 Å². The van der Waals surface area contributed by atoms with Crippen molar-refractivity contribution in [3.63, 3.8) is 0 Å². The van der Waals surface area contributed by atoms with E-state index in [9.17, 15) is 9.90 Å². The van der Waals surface area contributed by atoms with E-state index in [1.807, 2.05) is 6.92 Å². The van der Waals surface area contributed by atoms with E-state index < -0.39 is 0 Å². The molecule has 4 nitrogen and oxygen atoms in total. The summed E-state index contributed by atoms with van der Waals surface area (Å²) in [5.41, 5.74) is -0.161. The lowest BCUT2D eigenvalue weighted by atomic mass is 9.86. The Morgan fingerprint density at radius 2 is 2.47 bits per heavy atom. The molecule has 86 valence electrons. The first-order valence-electron chi connectivity index (χ1n) is 5.38. The second-order valence-electron chi connectivity index (χ2n) is 4.40. The Morgan fingerprint density at radius 3 is 3.07 bits per heavy atom. The molecule has 0 aliphatic heterocycles. The van der Waals surface area contributed by atoms with E-state index in [2.05, 4.69) is 17.2 Å². The van der Waals surface area contributed by atoms with E-state index in [0.717, 1.165) is 19.3 Å². The van der Waals surface area contributed by atoms with Gasteiger partial charge in [0.05, 0.1) is 6.61 Å². The highest BCUT2D eigenvalue weighted by Gasteiger charge is 2.38. The van der Waals surface area contributed by atoms with Gasteiger partial charge in [-0.25, -0.2) is 4.79 Å². The van der Waals surface area contributed by atoms with Crippen molar-refractivity contribution in [2.45, 2.75) is 32.2 Å². The van der Waals surface area contributed by atoms with E-state index in [0.29, 0.717) is 6.54 Å². The maximum atomic E-state index is 11.4. The predicted molar refractivity (Wildman–Crippen MR) is 59.6 cm³/mol. The monoisotopic (exact) mass is 212 g/mol. The third-order valence-corrected chi connectivity index (χ3v) is 3.16. The van der Waals surface area contributed by atoms with Gasteiger partial charge in [0.25, 0.3) is 0 Å². The number of carbonyl (C=O) groups is 1. The van der Waals surface area contributed by atoms with Crippen molar-refractivity contribution in [3.8, 4) is 0 Å². The van der Waals surface area contributed by atoms with Gasteiger partial charge < -0.3 is 15.7 Å². The Hall–Kier alpha value is -1.03. The Bertz CT molecular complexity index is 243. The summed E-state index contributed by atoms with van der Waals surface area (Å²) in [7, 11) is 0. The molecular formula is C11H20N2O2. The van der Waals surface area contributed by atoms with E-state index >= 15 is 0 Å². The second kappa shape index (κ2) is 5.16. The minimum absolute atomic E-state index is 0.0762. The van der Waals surface area contributed by atoms with Crippen molar-refractivity contribution in [1.82, 2.24) is 10.6 Å². The third kappa shape index (κ3) is 2.96. The molecule has 1 aliphatic rings. The van der Waals surface area contributed by atoms with Crippen molar-refractivity contribution in [2.75, 3.05) is 13.2 Å². The number of amides is 2. The smallest absolute Gasteiger partial charge is 0.315 e. The lowest BCUT2D eigenvalue weighted by Crippen LogP contribution is -2.48. The number of nitrogens with one attached hydrogen (secondary N) is 2. The summed E-state index contributed by atoms with van der Waals surface area (Å²) >= 11 is 0. The second-order valence-corrected chi connectivity index (χ2v) is 4.40. The molecule has 0 aromatic carbocycles. The van der Waals surface area contributed by atoms with Crippen molar-refractivity contribution < 1.29 is 9.90 Å². The Labute approximate surface area is 90.7 Å². The minimum Gasteiger partial charge on any atom is -0.396 e. The summed E-state index contributed by atoms with van der Waals surface area (Å²) in [6, 6.07) is -0.103. The molecule has 0 saturated heterocycles. The summed E-state index contributed by atoms with van der Waals surface area (Å²) in [6.45, 7) is 6.13. The van der Waals surface area contributed by atoms with Crippen molar-refractivity contribution >= 4 is 6.03 Å². The van der Waals surface area contributed by atoms with Crippen LogP contribution in [0.4, 0.5) is 4.79 Å². The number of hydrogen-bond acceptors (Lipinski definition) is 2. The molecule has 3 N–H and O–H groups in total. The summed E-state index contributed by atoms with van der Waals surface area (Å²) in [6.07, 6.45) is 4.61. The zero-order valence-corrected chi connectivity index (χ0v) is 9.25. The third-order valence-electron chi connectivity index (χ3n) is 3.16. The van der Waals surface area contributed by atoms with Crippen LogP contribution >= 0.6 is 0 Å². The SMILES string of the molecule is C=CCNC(=O)N[C@H]1CCC[C@@]1(C)CO. The quantitative estimate of drug-likeness (QED) is 0.609. The van der Waals surface area contributed by atoms with Gasteiger partial charge in [-0.3, -0.25) is 0 Å². The van der Waals surface area contributed by atoms with Crippen LogP contribution in [0.5, 0.6) is 0 Å². The number of aliphatic hydroxyl groups excluding tert-OH is 1. The highest BCUT2D eigenvalue weighted by molar-refractivity contribution is 5.74. The first kappa shape index (κ1) is 12.0. The average molecular weight is 212 g/mol. The van der Waals surface area contributed by atoms with Gasteiger partial charge in [-0.05, 0) is 12.8 Å². The first-order chi connectivity index (χ1) is 7.12. The van der Waals surface area contributed by atoms with E-state index in [4.69, 9.17) is 0 Å². The van der Waals surface area contributed by atoms with E-state index in [-0.39, 0.29) is 24.1 Å². The molecule has 1 aliphatic carbocycles. The number of aliphatic hydroxyl groups is 1. The molecule has 0 aromatic heterocycles. The molecule has 0 unspecified atom stereocenters. The Balaban J connectivity index is 2.43. The standard InChI is InChI=1S/C11H20N2O2/c1-3-7-12-10(15)13-9-5-4-6-11(9,2)8-14/h3,9,14H,1,4-8H2,2H3,(H2,12,13,15)/t9-,11-/m0/s1. The van der Waals surface area contributed by atoms with Gasteiger partial charge in [0.15, 0.2) is 0 Å². The molecule has 4 heteroatoms. The normalized spacial score (nSPS) is 29.9. The summed E-state index contributed by atoms with van der Waals surface area (Å²) < 4.78 is 0. The minimum atomic E-state index is -0.179. The molecular weight excluding hydrogens is 192 g/mol. The molecule has 2 atom stereocenters. The Kier molecular flexibility index (Phi) is 4.15. The largest absolute Gasteiger partial charge is 0.396 e. The topological polar surface area (TPSA) is 61.4 Å². The van der Waals surface area contributed by atoms with Crippen LogP contribution in [0.2, 0.25) is 0 Å². The van der Waals surface area contributed by atoms with Crippen LogP contribution < -0.4 is 10.6 Å². The maximum Gasteiger partial charge on any atom is 0.315 e. The van der Waals surface area contributed by atoms with Crippen LogP contribution in [-0.4, -0.2) is 30.3 Å². The van der Waals surface area contributed by atoms with Crippen LogP contribution in [0.25, 0.3) is 0 Å². The van der Waals surface area contributed by atoms with Crippen LogP contribution in [0, 0.1) is 5.41 Å². The van der Waals surface area contributed by atoms with Gasteiger partial charge in [-0.1, -0.05) is 19.4 Å². The molecule has 2 amide bonds. The zero-order valence-electron chi connectivity index (χ0n) is 9.25. The molecule has 1 rings (SSSR count). The maximum absolute atomic E-state index is 11.4. The number of carbonyl (C=O) groups excluding carboxylic acids is 1. The Morgan fingerprint density at radius 1 is 1.73 bits per heavy atom. The molecule has 1 saturated carbocycles. The summed E-state index contributed by atoms with van der Waals surface area (Å²) in [4.78, 5) is 11.4. The number of hydrogen-bond donors (Lipinski definition) is 3.